The number of non-ortho nitro benzene ring substituents is 1. The highest BCUT2D eigenvalue weighted by Crippen LogP contribution is 2.71. The number of nitro groups is 1. The molecule has 2 aromatic rings. The van der Waals surface area contributed by atoms with Crippen molar-refractivity contribution in [1.82, 2.24) is 0 Å². The van der Waals surface area contributed by atoms with Crippen LogP contribution in [-0.4, -0.2) is 22.5 Å². The minimum absolute atomic E-state index is 0.0491. The SMILES string of the molecule is Cc1cccc(NC(=O)C23CCC(C)(/C(=N/OC(=O)c4cccc([N+](=O)[O-])c4)C2)C3(C)C)c1. The average molecular weight is 450 g/mol. The van der Waals surface area contributed by atoms with E-state index in [4.69, 9.17) is 4.84 Å². The van der Waals surface area contributed by atoms with E-state index in [-0.39, 0.29) is 17.2 Å². The maximum Gasteiger partial charge on any atom is 0.365 e. The van der Waals surface area contributed by atoms with Gasteiger partial charge >= 0.3 is 5.97 Å². The van der Waals surface area contributed by atoms with Crippen LogP contribution in [0, 0.1) is 33.3 Å². The molecular formula is C25H27N3O5. The van der Waals surface area contributed by atoms with Crippen LogP contribution in [0.1, 0.15) is 56.0 Å². The molecule has 8 nitrogen and oxygen atoms in total. The molecule has 0 heterocycles. The largest absolute Gasteiger partial charge is 0.365 e. The van der Waals surface area contributed by atoms with Crippen molar-refractivity contribution >= 4 is 29.0 Å². The number of fused-ring (bicyclic) bond motifs is 2. The molecule has 2 aliphatic rings. The van der Waals surface area contributed by atoms with Gasteiger partial charge in [0.05, 0.1) is 21.6 Å². The summed E-state index contributed by atoms with van der Waals surface area (Å²) in [5, 5.41) is 18.2. The van der Waals surface area contributed by atoms with E-state index in [0.717, 1.165) is 23.7 Å². The molecule has 2 unspecified atom stereocenters. The molecule has 2 aromatic carbocycles. The van der Waals surface area contributed by atoms with Crippen LogP contribution in [0.5, 0.6) is 0 Å². The van der Waals surface area contributed by atoms with E-state index < -0.39 is 27.1 Å². The summed E-state index contributed by atoms with van der Waals surface area (Å²) in [5.41, 5.74) is 0.818. The number of carbonyl (C=O) groups is 2. The number of oxime groups is 1. The van der Waals surface area contributed by atoms with Crippen LogP contribution < -0.4 is 5.32 Å². The van der Waals surface area contributed by atoms with Crippen LogP contribution in [0.4, 0.5) is 11.4 Å². The van der Waals surface area contributed by atoms with E-state index in [0.29, 0.717) is 18.6 Å². The molecule has 2 bridgehead atoms. The molecule has 1 amide bonds. The molecule has 0 aromatic heterocycles. The Morgan fingerprint density at radius 2 is 1.82 bits per heavy atom. The number of anilines is 1. The van der Waals surface area contributed by atoms with Crippen molar-refractivity contribution in [3.63, 3.8) is 0 Å². The molecule has 0 saturated heterocycles. The van der Waals surface area contributed by atoms with Gasteiger partial charge in [-0.2, -0.15) is 0 Å². The minimum Gasteiger partial charge on any atom is -0.326 e. The molecule has 4 rings (SSSR count). The second-order valence-electron chi connectivity index (χ2n) is 9.76. The monoisotopic (exact) mass is 449 g/mol. The van der Waals surface area contributed by atoms with Crippen molar-refractivity contribution in [1.29, 1.82) is 0 Å². The first kappa shape index (κ1) is 22.6. The zero-order valence-corrected chi connectivity index (χ0v) is 19.2. The molecular weight excluding hydrogens is 422 g/mol. The molecule has 2 fully saturated rings. The molecule has 0 spiro atoms. The summed E-state index contributed by atoms with van der Waals surface area (Å²) in [7, 11) is 0. The summed E-state index contributed by atoms with van der Waals surface area (Å²) in [6.45, 7) is 8.17. The van der Waals surface area contributed by atoms with Gasteiger partial charge in [0.15, 0.2) is 0 Å². The maximum atomic E-state index is 13.5. The standard InChI is InChI=1S/C25H27N3O5/c1-16-7-5-9-18(13-16)26-22(30)25-12-11-24(4,23(25,2)3)20(15-25)27-33-21(29)17-8-6-10-19(14-17)28(31)32/h5-10,13-14H,11-12,15H2,1-4H3,(H,26,30)/b27-20+. The predicted molar refractivity (Wildman–Crippen MR) is 124 cm³/mol. The van der Waals surface area contributed by atoms with E-state index in [1.54, 1.807) is 0 Å². The molecule has 0 aliphatic heterocycles. The smallest absolute Gasteiger partial charge is 0.326 e. The van der Waals surface area contributed by atoms with Gasteiger partial charge in [0.2, 0.25) is 5.91 Å². The lowest BCUT2D eigenvalue weighted by molar-refractivity contribution is -0.384. The summed E-state index contributed by atoms with van der Waals surface area (Å²) in [5.74, 6) is -0.828. The molecule has 33 heavy (non-hydrogen) atoms. The van der Waals surface area contributed by atoms with Crippen LogP contribution >= 0.6 is 0 Å². The summed E-state index contributed by atoms with van der Waals surface area (Å²) >= 11 is 0. The second-order valence-corrected chi connectivity index (χ2v) is 9.76. The van der Waals surface area contributed by atoms with Gasteiger partial charge in [-0.25, -0.2) is 4.79 Å². The molecule has 1 N–H and O–H groups in total. The van der Waals surface area contributed by atoms with Crippen molar-refractivity contribution in [2.75, 3.05) is 5.32 Å². The van der Waals surface area contributed by atoms with Gasteiger partial charge in [-0.3, -0.25) is 14.9 Å². The zero-order valence-electron chi connectivity index (χ0n) is 19.2. The van der Waals surface area contributed by atoms with Crippen LogP contribution in [0.2, 0.25) is 0 Å². The third-order valence-electron chi connectivity index (χ3n) is 7.98. The number of benzene rings is 2. The van der Waals surface area contributed by atoms with Gasteiger partial charge in [-0.1, -0.05) is 44.1 Å². The lowest BCUT2D eigenvalue weighted by Crippen LogP contribution is -2.43. The first-order valence-electron chi connectivity index (χ1n) is 10.9. The Hall–Kier alpha value is -3.55. The molecule has 0 radical (unpaired) electrons. The molecule has 2 aliphatic carbocycles. The van der Waals surface area contributed by atoms with Crippen LogP contribution in [-0.2, 0) is 9.63 Å². The Morgan fingerprint density at radius 1 is 1.09 bits per heavy atom. The number of aryl methyl sites for hydroxylation is 1. The number of carbonyl (C=O) groups excluding carboxylic acids is 2. The van der Waals surface area contributed by atoms with Crippen molar-refractivity contribution < 1.29 is 19.3 Å². The Labute approximate surface area is 192 Å². The Morgan fingerprint density at radius 3 is 2.52 bits per heavy atom. The lowest BCUT2D eigenvalue weighted by Gasteiger charge is -2.39. The van der Waals surface area contributed by atoms with Crippen LogP contribution in [0.3, 0.4) is 0 Å². The van der Waals surface area contributed by atoms with E-state index in [1.165, 1.54) is 18.2 Å². The minimum atomic E-state index is -0.770. The number of hydrogen-bond donors (Lipinski definition) is 1. The van der Waals surface area contributed by atoms with Gasteiger partial charge < -0.3 is 10.2 Å². The van der Waals surface area contributed by atoms with Gasteiger partial charge in [0.25, 0.3) is 5.69 Å². The third kappa shape index (κ3) is 3.50. The highest BCUT2D eigenvalue weighted by molar-refractivity contribution is 6.06. The summed E-state index contributed by atoms with van der Waals surface area (Å²) < 4.78 is 0. The van der Waals surface area contributed by atoms with Crippen molar-refractivity contribution in [2.24, 2.45) is 21.4 Å². The van der Waals surface area contributed by atoms with E-state index >= 15 is 0 Å². The fourth-order valence-electron chi connectivity index (χ4n) is 5.39. The number of rotatable bonds is 5. The average Bonchev–Trinajstić information content (AvgIpc) is 3.08. The number of hydrogen-bond acceptors (Lipinski definition) is 6. The number of amides is 1. The van der Waals surface area contributed by atoms with Crippen molar-refractivity contribution in [3.8, 4) is 0 Å². The normalized spacial score (nSPS) is 26.2. The highest BCUT2D eigenvalue weighted by atomic mass is 16.7. The van der Waals surface area contributed by atoms with E-state index in [9.17, 15) is 19.7 Å². The van der Waals surface area contributed by atoms with Gasteiger partial charge in [-0.15, -0.1) is 0 Å². The molecule has 172 valence electrons. The maximum absolute atomic E-state index is 13.5. The first-order valence-corrected chi connectivity index (χ1v) is 10.9. The fraction of sp³-hybridized carbons (Fsp3) is 0.400. The number of nitro benzene ring substituents is 1. The lowest BCUT2D eigenvalue weighted by atomic mass is 9.64. The summed E-state index contributed by atoms with van der Waals surface area (Å²) in [6, 6.07) is 13.0. The number of nitrogens with zero attached hydrogens (tertiary/aromatic N) is 2. The van der Waals surface area contributed by atoms with Crippen molar-refractivity contribution in [2.45, 2.75) is 47.0 Å². The topological polar surface area (TPSA) is 111 Å². The van der Waals surface area contributed by atoms with Gasteiger partial charge in [0.1, 0.15) is 0 Å². The van der Waals surface area contributed by atoms with Gasteiger partial charge in [-0.05, 0) is 48.9 Å². The summed E-state index contributed by atoms with van der Waals surface area (Å²) in [6.07, 6.45) is 1.84. The predicted octanol–water partition coefficient (Wildman–Crippen LogP) is 5.27. The summed E-state index contributed by atoms with van der Waals surface area (Å²) in [4.78, 5) is 41.7. The van der Waals surface area contributed by atoms with Gasteiger partial charge in [0, 0.05) is 29.7 Å². The zero-order chi connectivity index (χ0) is 24.0. The molecule has 8 heteroatoms. The third-order valence-corrected chi connectivity index (χ3v) is 7.98. The molecule has 2 saturated carbocycles. The Bertz CT molecular complexity index is 1190. The van der Waals surface area contributed by atoms with E-state index in [2.05, 4.69) is 31.2 Å². The Kier molecular flexibility index (Phi) is 5.35. The van der Waals surface area contributed by atoms with Crippen LogP contribution in [0.15, 0.2) is 53.7 Å². The second kappa shape index (κ2) is 7.79. The van der Waals surface area contributed by atoms with E-state index in [1.807, 2.05) is 31.2 Å². The first-order chi connectivity index (χ1) is 15.5. The van der Waals surface area contributed by atoms with Crippen LogP contribution in [0.25, 0.3) is 0 Å². The Balaban J connectivity index is 1.58. The quantitative estimate of drug-likeness (QED) is 0.380. The number of nitrogens with one attached hydrogen (secondary N) is 1. The van der Waals surface area contributed by atoms with Crippen molar-refractivity contribution in [3.05, 3.63) is 69.8 Å². The molecule has 2 atom stereocenters. The fourth-order valence-corrected chi connectivity index (χ4v) is 5.39. The highest BCUT2D eigenvalue weighted by Gasteiger charge is 2.71.